The summed E-state index contributed by atoms with van der Waals surface area (Å²) in [4.78, 5) is 5.04. The minimum atomic E-state index is -3.71. The van der Waals surface area contributed by atoms with Gasteiger partial charge in [0.05, 0.1) is 12.2 Å². The van der Waals surface area contributed by atoms with Crippen LogP contribution in [-0.2, 0) is 10.0 Å². The van der Waals surface area contributed by atoms with Crippen LogP contribution < -0.4 is 10.5 Å². The second-order valence-electron chi connectivity index (χ2n) is 3.75. The van der Waals surface area contributed by atoms with Gasteiger partial charge < -0.3 is 10.4 Å². The molecule has 1 unspecified atom stereocenters. The Morgan fingerprint density at radius 1 is 1.53 bits per heavy atom. The van der Waals surface area contributed by atoms with Crippen molar-refractivity contribution in [1.29, 1.82) is 0 Å². The number of primary sulfonamides is 1. The third kappa shape index (κ3) is 3.74. The molecule has 2 aromatic rings. The van der Waals surface area contributed by atoms with Crippen molar-refractivity contribution in [1.82, 2.24) is 4.98 Å². The summed E-state index contributed by atoms with van der Waals surface area (Å²) in [7, 11) is -3.71. The average molecular weight is 319 g/mol. The SMILES string of the molecule is NS(=O)(=O)c1cnc(NC(CCO)c2cccs2)s1. The lowest BCUT2D eigenvalue weighted by Gasteiger charge is -2.15. The van der Waals surface area contributed by atoms with E-state index in [1.165, 1.54) is 6.20 Å². The maximum atomic E-state index is 11.2. The summed E-state index contributed by atoms with van der Waals surface area (Å²) in [5, 5.41) is 19.6. The highest BCUT2D eigenvalue weighted by molar-refractivity contribution is 7.91. The molecule has 104 valence electrons. The Kier molecular flexibility index (Phi) is 4.53. The fourth-order valence-corrected chi connectivity index (χ4v) is 3.83. The quantitative estimate of drug-likeness (QED) is 0.746. The Hall–Kier alpha value is -1.00. The number of nitrogens with two attached hydrogens (primary N) is 1. The largest absolute Gasteiger partial charge is 0.396 e. The van der Waals surface area contributed by atoms with Gasteiger partial charge in [0.25, 0.3) is 0 Å². The molecule has 19 heavy (non-hydrogen) atoms. The van der Waals surface area contributed by atoms with Crippen molar-refractivity contribution in [3.05, 3.63) is 28.6 Å². The average Bonchev–Trinajstić information content (AvgIpc) is 2.98. The Morgan fingerprint density at radius 2 is 2.32 bits per heavy atom. The first-order chi connectivity index (χ1) is 9.00. The smallest absolute Gasteiger partial charge is 0.249 e. The molecular formula is C10H13N3O3S3. The number of nitrogens with one attached hydrogen (secondary N) is 1. The van der Waals surface area contributed by atoms with Crippen LogP contribution in [0.5, 0.6) is 0 Å². The predicted molar refractivity (Wildman–Crippen MR) is 75.9 cm³/mol. The molecule has 9 heteroatoms. The first-order valence-corrected chi connectivity index (χ1v) is 8.64. The lowest BCUT2D eigenvalue weighted by Crippen LogP contribution is -2.11. The molecule has 6 nitrogen and oxygen atoms in total. The van der Waals surface area contributed by atoms with Crippen LogP contribution in [0.3, 0.4) is 0 Å². The van der Waals surface area contributed by atoms with E-state index in [0.29, 0.717) is 11.6 Å². The Labute approximate surface area is 119 Å². The van der Waals surface area contributed by atoms with Gasteiger partial charge in [-0.05, 0) is 17.9 Å². The summed E-state index contributed by atoms with van der Waals surface area (Å²) in [6.07, 6.45) is 1.75. The van der Waals surface area contributed by atoms with Crippen LogP contribution in [0, 0.1) is 0 Å². The number of aliphatic hydroxyl groups excluding tert-OH is 1. The molecule has 2 aromatic heterocycles. The van der Waals surface area contributed by atoms with Crippen molar-refractivity contribution in [2.24, 2.45) is 5.14 Å². The zero-order valence-corrected chi connectivity index (χ0v) is 12.3. The summed E-state index contributed by atoms with van der Waals surface area (Å²) >= 11 is 2.54. The van der Waals surface area contributed by atoms with E-state index in [2.05, 4.69) is 10.3 Å². The van der Waals surface area contributed by atoms with Gasteiger partial charge in [0.2, 0.25) is 10.0 Å². The molecule has 0 bridgehead atoms. The first-order valence-electron chi connectivity index (χ1n) is 5.40. The number of sulfonamides is 1. The van der Waals surface area contributed by atoms with Crippen molar-refractivity contribution in [2.75, 3.05) is 11.9 Å². The third-order valence-electron chi connectivity index (χ3n) is 2.37. The van der Waals surface area contributed by atoms with E-state index >= 15 is 0 Å². The van der Waals surface area contributed by atoms with Gasteiger partial charge in [0.15, 0.2) is 9.34 Å². The van der Waals surface area contributed by atoms with Crippen molar-refractivity contribution in [3.8, 4) is 0 Å². The van der Waals surface area contributed by atoms with Gasteiger partial charge in [0, 0.05) is 11.5 Å². The van der Waals surface area contributed by atoms with E-state index in [1.54, 1.807) is 11.3 Å². The molecule has 0 saturated heterocycles. The lowest BCUT2D eigenvalue weighted by molar-refractivity contribution is 0.280. The minimum absolute atomic E-state index is 0.0175. The van der Waals surface area contributed by atoms with Gasteiger partial charge in [-0.1, -0.05) is 17.4 Å². The van der Waals surface area contributed by atoms with E-state index < -0.39 is 10.0 Å². The van der Waals surface area contributed by atoms with Crippen LogP contribution in [-0.4, -0.2) is 25.1 Å². The second kappa shape index (κ2) is 5.97. The fourth-order valence-electron chi connectivity index (χ4n) is 1.51. The normalized spacial score (nSPS) is 13.4. The third-order valence-corrected chi connectivity index (χ3v) is 5.69. The van der Waals surface area contributed by atoms with Gasteiger partial charge in [0.1, 0.15) is 0 Å². The van der Waals surface area contributed by atoms with Crippen LogP contribution in [0.15, 0.2) is 27.9 Å². The summed E-state index contributed by atoms with van der Waals surface area (Å²) in [6.45, 7) is 0.0307. The predicted octanol–water partition coefficient (Wildman–Crippen LogP) is 1.39. The van der Waals surface area contributed by atoms with Gasteiger partial charge in [-0.15, -0.1) is 11.3 Å². The maximum absolute atomic E-state index is 11.2. The van der Waals surface area contributed by atoms with Crippen molar-refractivity contribution >= 4 is 37.8 Å². The number of aromatic nitrogens is 1. The monoisotopic (exact) mass is 319 g/mol. The van der Waals surface area contributed by atoms with Crippen LogP contribution in [0.1, 0.15) is 17.3 Å². The van der Waals surface area contributed by atoms with Crippen LogP contribution >= 0.6 is 22.7 Å². The summed E-state index contributed by atoms with van der Waals surface area (Å²) < 4.78 is 22.4. The molecule has 1 atom stereocenters. The van der Waals surface area contributed by atoms with E-state index in [0.717, 1.165) is 16.2 Å². The van der Waals surface area contributed by atoms with Gasteiger partial charge in [-0.3, -0.25) is 0 Å². The molecule has 2 heterocycles. The second-order valence-corrected chi connectivity index (χ2v) is 7.55. The van der Waals surface area contributed by atoms with Crippen LogP contribution in [0.4, 0.5) is 5.13 Å². The Balaban J connectivity index is 2.16. The highest BCUT2D eigenvalue weighted by atomic mass is 32.2. The molecule has 2 rings (SSSR count). The molecule has 0 aliphatic carbocycles. The zero-order valence-electron chi connectivity index (χ0n) is 9.81. The number of thiophene rings is 1. The number of aliphatic hydroxyl groups is 1. The zero-order chi connectivity index (χ0) is 13.9. The maximum Gasteiger partial charge on any atom is 0.249 e. The molecule has 0 spiro atoms. The fraction of sp³-hybridized carbons (Fsp3) is 0.300. The van der Waals surface area contributed by atoms with Crippen molar-refractivity contribution in [2.45, 2.75) is 16.7 Å². The number of anilines is 1. The Morgan fingerprint density at radius 3 is 2.84 bits per heavy atom. The van der Waals surface area contributed by atoms with E-state index in [9.17, 15) is 8.42 Å². The van der Waals surface area contributed by atoms with Gasteiger partial charge in [-0.25, -0.2) is 18.5 Å². The minimum Gasteiger partial charge on any atom is -0.396 e. The number of hydrogen-bond donors (Lipinski definition) is 3. The number of rotatable bonds is 6. The molecule has 4 N–H and O–H groups in total. The number of thiazole rings is 1. The summed E-state index contributed by atoms with van der Waals surface area (Å²) in [6, 6.07) is 3.78. The molecule has 0 aromatic carbocycles. The summed E-state index contributed by atoms with van der Waals surface area (Å²) in [5.41, 5.74) is 0. The van der Waals surface area contributed by atoms with Gasteiger partial charge >= 0.3 is 0 Å². The summed E-state index contributed by atoms with van der Waals surface area (Å²) in [5.74, 6) is 0. The standard InChI is InChI=1S/C10H13N3O3S3/c11-19(15,16)9-6-12-10(18-9)13-7(3-4-14)8-2-1-5-17-8/h1-2,5-7,14H,3-4H2,(H,12,13)(H2,11,15,16). The lowest BCUT2D eigenvalue weighted by atomic mass is 10.2. The van der Waals surface area contributed by atoms with E-state index in [1.807, 2.05) is 17.5 Å². The van der Waals surface area contributed by atoms with E-state index in [4.69, 9.17) is 10.2 Å². The molecule has 0 aliphatic rings. The first kappa shape index (κ1) is 14.4. The number of hydrogen-bond acceptors (Lipinski definition) is 7. The van der Waals surface area contributed by atoms with Crippen molar-refractivity contribution in [3.63, 3.8) is 0 Å². The van der Waals surface area contributed by atoms with Gasteiger partial charge in [-0.2, -0.15) is 0 Å². The molecular weight excluding hydrogens is 306 g/mol. The molecule has 0 radical (unpaired) electrons. The highest BCUT2D eigenvalue weighted by Gasteiger charge is 2.17. The molecule has 0 fully saturated rings. The van der Waals surface area contributed by atoms with Crippen LogP contribution in [0.2, 0.25) is 0 Å². The van der Waals surface area contributed by atoms with Crippen LogP contribution in [0.25, 0.3) is 0 Å². The van der Waals surface area contributed by atoms with Crippen molar-refractivity contribution < 1.29 is 13.5 Å². The molecule has 0 saturated carbocycles. The molecule has 0 aliphatic heterocycles. The topological polar surface area (TPSA) is 105 Å². The highest BCUT2D eigenvalue weighted by Crippen LogP contribution is 2.29. The number of nitrogens with zero attached hydrogens (tertiary/aromatic N) is 1. The van der Waals surface area contributed by atoms with E-state index in [-0.39, 0.29) is 16.9 Å². The molecule has 0 amide bonds. The Bertz CT molecular complexity index is 621.